The molecule has 0 amide bonds. The van der Waals surface area contributed by atoms with E-state index in [1.165, 1.54) is 25.9 Å². The number of alkyl halides is 1. The first kappa shape index (κ1) is 12.3. The first-order chi connectivity index (χ1) is 6.63. The minimum Gasteiger partial charge on any atom is -0.380 e. The van der Waals surface area contributed by atoms with Crippen molar-refractivity contribution in [3.05, 3.63) is 0 Å². The minimum absolute atomic E-state index is 0.331. The van der Waals surface area contributed by atoms with Gasteiger partial charge < -0.3 is 9.64 Å². The second kappa shape index (κ2) is 5.94. The van der Waals surface area contributed by atoms with Gasteiger partial charge >= 0.3 is 0 Å². The van der Waals surface area contributed by atoms with Gasteiger partial charge in [0, 0.05) is 19.0 Å². The first-order valence-electron chi connectivity index (χ1n) is 5.52. The Balaban J connectivity index is 2.22. The second-order valence-corrected chi connectivity index (χ2v) is 5.05. The predicted molar refractivity (Wildman–Crippen MR) is 61.0 cm³/mol. The lowest BCUT2D eigenvalue weighted by molar-refractivity contribution is 0.0626. The number of rotatable bonds is 4. The molecule has 3 heteroatoms. The van der Waals surface area contributed by atoms with Crippen LogP contribution >= 0.6 is 11.6 Å². The molecule has 0 aromatic rings. The summed E-state index contributed by atoms with van der Waals surface area (Å²) in [7, 11) is 1.78. The molecule has 1 rings (SSSR count). The lowest BCUT2D eigenvalue weighted by Crippen LogP contribution is -2.40. The van der Waals surface area contributed by atoms with Crippen molar-refractivity contribution < 1.29 is 4.74 Å². The Labute approximate surface area is 92.6 Å². The molecule has 14 heavy (non-hydrogen) atoms. The fourth-order valence-corrected chi connectivity index (χ4v) is 2.28. The number of methoxy groups -OCH3 is 1. The average Bonchev–Trinajstić information content (AvgIpc) is 2.18. The number of likely N-dealkylation sites (tertiary alicyclic amines) is 1. The molecule has 1 saturated heterocycles. The van der Waals surface area contributed by atoms with Gasteiger partial charge in [0.25, 0.3) is 0 Å². The summed E-state index contributed by atoms with van der Waals surface area (Å²) >= 11 is 6.09. The highest BCUT2D eigenvalue weighted by Gasteiger charge is 2.23. The molecule has 1 fully saturated rings. The lowest BCUT2D eigenvalue weighted by Gasteiger charge is -2.34. The molecule has 1 aliphatic rings. The van der Waals surface area contributed by atoms with Gasteiger partial charge in [-0.1, -0.05) is 0 Å². The zero-order chi connectivity index (χ0) is 10.6. The van der Waals surface area contributed by atoms with Gasteiger partial charge in [-0.3, -0.25) is 0 Å². The third kappa shape index (κ3) is 3.76. The Bertz CT molecular complexity index is 155. The molecule has 0 saturated carbocycles. The van der Waals surface area contributed by atoms with E-state index in [0.717, 1.165) is 6.54 Å². The quantitative estimate of drug-likeness (QED) is 0.674. The van der Waals surface area contributed by atoms with Crippen LogP contribution in [0, 0.1) is 5.92 Å². The first-order valence-corrected chi connectivity index (χ1v) is 5.96. The number of ether oxygens (including phenoxy) is 1. The van der Waals surface area contributed by atoms with Crippen molar-refractivity contribution in [1.29, 1.82) is 0 Å². The van der Waals surface area contributed by atoms with Crippen molar-refractivity contribution in [3.63, 3.8) is 0 Å². The summed E-state index contributed by atoms with van der Waals surface area (Å²) in [5.41, 5.74) is 0. The molecule has 0 aliphatic carbocycles. The highest BCUT2D eigenvalue weighted by Crippen LogP contribution is 2.23. The van der Waals surface area contributed by atoms with E-state index in [2.05, 4.69) is 18.7 Å². The predicted octanol–water partition coefficient (Wildman–Crippen LogP) is 2.36. The third-order valence-electron chi connectivity index (χ3n) is 3.20. The average molecular weight is 220 g/mol. The van der Waals surface area contributed by atoms with Gasteiger partial charge in [0.05, 0.1) is 6.10 Å². The van der Waals surface area contributed by atoms with Crippen molar-refractivity contribution in [2.75, 3.05) is 26.7 Å². The molecule has 0 N–H and O–H groups in total. The summed E-state index contributed by atoms with van der Waals surface area (Å²) in [6.45, 7) is 7.64. The third-order valence-corrected chi connectivity index (χ3v) is 3.56. The molecular formula is C11H22ClNO. The fourth-order valence-electron chi connectivity index (χ4n) is 2.03. The zero-order valence-corrected chi connectivity index (χ0v) is 10.3. The highest BCUT2D eigenvalue weighted by atomic mass is 35.5. The summed E-state index contributed by atoms with van der Waals surface area (Å²) in [6, 6.07) is 0. The van der Waals surface area contributed by atoms with E-state index in [1.807, 2.05) is 0 Å². The van der Waals surface area contributed by atoms with Gasteiger partial charge in [0.2, 0.25) is 0 Å². The van der Waals surface area contributed by atoms with Crippen LogP contribution in [0.5, 0.6) is 0 Å². The molecule has 0 aromatic carbocycles. The fraction of sp³-hybridized carbons (Fsp3) is 1.00. The summed E-state index contributed by atoms with van der Waals surface area (Å²) in [6.07, 6.45) is 2.82. The number of hydrogen-bond donors (Lipinski definition) is 0. The smallest absolute Gasteiger partial charge is 0.0670 e. The van der Waals surface area contributed by atoms with Crippen molar-refractivity contribution in [2.45, 2.75) is 38.2 Å². The van der Waals surface area contributed by atoms with Gasteiger partial charge in [-0.2, -0.15) is 0 Å². The van der Waals surface area contributed by atoms with Gasteiger partial charge in [-0.05, 0) is 45.7 Å². The van der Waals surface area contributed by atoms with E-state index < -0.39 is 0 Å². The van der Waals surface area contributed by atoms with Crippen LogP contribution in [0.4, 0.5) is 0 Å². The Morgan fingerprint density at radius 3 is 2.36 bits per heavy atom. The molecule has 2 atom stereocenters. The van der Waals surface area contributed by atoms with E-state index in [4.69, 9.17) is 16.3 Å². The van der Waals surface area contributed by atoms with Crippen LogP contribution in [0.3, 0.4) is 0 Å². The minimum atomic E-state index is 0.331. The number of hydrogen-bond acceptors (Lipinski definition) is 2. The Morgan fingerprint density at radius 1 is 1.36 bits per heavy atom. The second-order valence-electron chi connectivity index (χ2n) is 4.36. The largest absolute Gasteiger partial charge is 0.380 e. The van der Waals surface area contributed by atoms with E-state index in [-0.39, 0.29) is 0 Å². The molecule has 2 nitrogen and oxygen atoms in total. The summed E-state index contributed by atoms with van der Waals surface area (Å²) in [5, 5.41) is 0.331. The van der Waals surface area contributed by atoms with E-state index in [0.29, 0.717) is 17.4 Å². The SMILES string of the molecule is COC(C)CN1CCC(C(C)Cl)CC1. The zero-order valence-electron chi connectivity index (χ0n) is 9.50. The molecule has 84 valence electrons. The van der Waals surface area contributed by atoms with Crippen LogP contribution in [-0.4, -0.2) is 43.1 Å². The van der Waals surface area contributed by atoms with Crippen molar-refractivity contribution in [1.82, 2.24) is 4.90 Å². The van der Waals surface area contributed by atoms with E-state index in [9.17, 15) is 0 Å². The summed E-state index contributed by atoms with van der Waals surface area (Å²) in [4.78, 5) is 2.48. The summed E-state index contributed by atoms with van der Waals surface area (Å²) in [5.74, 6) is 0.714. The van der Waals surface area contributed by atoms with Crippen LogP contribution < -0.4 is 0 Å². The van der Waals surface area contributed by atoms with Gasteiger partial charge in [0.15, 0.2) is 0 Å². The molecule has 2 unspecified atom stereocenters. The number of piperidine rings is 1. The summed E-state index contributed by atoms with van der Waals surface area (Å²) < 4.78 is 5.26. The van der Waals surface area contributed by atoms with Crippen molar-refractivity contribution in [2.24, 2.45) is 5.92 Å². The van der Waals surface area contributed by atoms with Crippen LogP contribution in [0.1, 0.15) is 26.7 Å². The molecule has 0 spiro atoms. The Morgan fingerprint density at radius 2 is 1.93 bits per heavy atom. The van der Waals surface area contributed by atoms with Crippen LogP contribution in [-0.2, 0) is 4.74 Å². The normalized spacial score (nSPS) is 24.9. The maximum atomic E-state index is 6.09. The van der Waals surface area contributed by atoms with Crippen LogP contribution in [0.15, 0.2) is 0 Å². The van der Waals surface area contributed by atoms with Crippen LogP contribution in [0.2, 0.25) is 0 Å². The molecule has 1 heterocycles. The van der Waals surface area contributed by atoms with Gasteiger partial charge in [0.1, 0.15) is 0 Å². The highest BCUT2D eigenvalue weighted by molar-refractivity contribution is 6.20. The van der Waals surface area contributed by atoms with E-state index in [1.54, 1.807) is 7.11 Å². The van der Waals surface area contributed by atoms with Crippen molar-refractivity contribution >= 4 is 11.6 Å². The molecule has 0 aromatic heterocycles. The standard InChI is InChI=1S/C11H22ClNO/c1-9(14-3)8-13-6-4-11(5-7-13)10(2)12/h9-11H,4-8H2,1-3H3. The Hall–Kier alpha value is 0.210. The topological polar surface area (TPSA) is 12.5 Å². The molecule has 0 bridgehead atoms. The van der Waals surface area contributed by atoms with Crippen LogP contribution in [0.25, 0.3) is 0 Å². The van der Waals surface area contributed by atoms with Gasteiger partial charge in [-0.15, -0.1) is 11.6 Å². The Kier molecular flexibility index (Phi) is 5.21. The van der Waals surface area contributed by atoms with E-state index >= 15 is 0 Å². The van der Waals surface area contributed by atoms with Gasteiger partial charge in [-0.25, -0.2) is 0 Å². The maximum Gasteiger partial charge on any atom is 0.0670 e. The molecule has 0 radical (unpaired) electrons. The maximum absolute atomic E-state index is 6.09. The van der Waals surface area contributed by atoms with Crippen molar-refractivity contribution in [3.8, 4) is 0 Å². The molecule has 1 aliphatic heterocycles. The molecular weight excluding hydrogens is 198 g/mol. The lowest BCUT2D eigenvalue weighted by atomic mass is 9.94. The monoisotopic (exact) mass is 219 g/mol. The number of halogens is 1. The number of nitrogens with zero attached hydrogens (tertiary/aromatic N) is 1.